The Morgan fingerprint density at radius 1 is 1.17 bits per heavy atom. The fraction of sp³-hybridized carbons (Fsp3) is 0.650. The quantitative estimate of drug-likeness (QED) is 0.504. The summed E-state index contributed by atoms with van der Waals surface area (Å²) in [4.78, 5) is 6.97. The summed E-state index contributed by atoms with van der Waals surface area (Å²) in [5, 5.41) is 12.9. The van der Waals surface area contributed by atoms with Gasteiger partial charge in [-0.2, -0.15) is 0 Å². The van der Waals surface area contributed by atoms with Gasteiger partial charge in [0.1, 0.15) is 5.75 Å². The molecular formula is C20H31N3O. The number of rotatable bonds is 4. The molecule has 1 aliphatic carbocycles. The molecule has 1 saturated carbocycles. The lowest BCUT2D eigenvalue weighted by Crippen LogP contribution is -2.42. The number of aryl methyl sites for hydroxylation is 1. The van der Waals surface area contributed by atoms with Crippen molar-refractivity contribution in [2.75, 3.05) is 26.7 Å². The molecule has 1 saturated heterocycles. The van der Waals surface area contributed by atoms with Gasteiger partial charge in [0.25, 0.3) is 0 Å². The number of likely N-dealkylation sites (tertiary alicyclic amines) is 1. The molecule has 0 amide bonds. The van der Waals surface area contributed by atoms with Gasteiger partial charge in [-0.15, -0.1) is 0 Å². The second-order valence-corrected chi connectivity index (χ2v) is 7.48. The van der Waals surface area contributed by atoms with Gasteiger partial charge < -0.3 is 15.3 Å². The predicted molar refractivity (Wildman–Crippen MR) is 99.5 cm³/mol. The van der Waals surface area contributed by atoms with Crippen LogP contribution in [0.3, 0.4) is 0 Å². The first-order valence-corrected chi connectivity index (χ1v) is 9.44. The van der Waals surface area contributed by atoms with Crippen LogP contribution in [0.2, 0.25) is 0 Å². The molecule has 2 fully saturated rings. The number of phenols is 1. The largest absolute Gasteiger partial charge is 0.508 e. The molecule has 4 heteroatoms. The van der Waals surface area contributed by atoms with E-state index in [9.17, 15) is 5.11 Å². The fourth-order valence-corrected chi connectivity index (χ4v) is 4.31. The maximum atomic E-state index is 9.33. The van der Waals surface area contributed by atoms with Crippen molar-refractivity contribution in [2.24, 2.45) is 10.4 Å². The van der Waals surface area contributed by atoms with Crippen LogP contribution >= 0.6 is 0 Å². The number of nitrogens with one attached hydrogen (secondary N) is 1. The molecule has 4 nitrogen and oxygen atoms in total. The smallest absolute Gasteiger partial charge is 0.193 e. The minimum atomic E-state index is 0.336. The van der Waals surface area contributed by atoms with E-state index in [1.54, 1.807) is 12.1 Å². The van der Waals surface area contributed by atoms with Gasteiger partial charge in [-0.3, -0.25) is 4.99 Å². The van der Waals surface area contributed by atoms with Gasteiger partial charge in [-0.1, -0.05) is 31.4 Å². The summed E-state index contributed by atoms with van der Waals surface area (Å²) in [6.45, 7) is 3.28. The molecule has 132 valence electrons. The molecule has 0 radical (unpaired) electrons. The fourth-order valence-electron chi connectivity index (χ4n) is 4.31. The van der Waals surface area contributed by atoms with Crippen molar-refractivity contribution in [3.63, 3.8) is 0 Å². The highest BCUT2D eigenvalue weighted by molar-refractivity contribution is 5.80. The second kappa shape index (κ2) is 7.91. The summed E-state index contributed by atoms with van der Waals surface area (Å²) in [6.07, 6.45) is 10.5. The maximum Gasteiger partial charge on any atom is 0.193 e. The lowest BCUT2D eigenvalue weighted by atomic mass is 9.73. The van der Waals surface area contributed by atoms with E-state index in [2.05, 4.69) is 15.2 Å². The Bertz CT molecular complexity index is 547. The molecule has 0 aromatic heterocycles. The zero-order valence-electron chi connectivity index (χ0n) is 14.9. The summed E-state index contributed by atoms with van der Waals surface area (Å²) in [5.41, 5.74) is 1.84. The maximum absolute atomic E-state index is 9.33. The summed E-state index contributed by atoms with van der Waals surface area (Å²) < 4.78 is 0. The van der Waals surface area contributed by atoms with E-state index < -0.39 is 0 Å². The molecule has 1 aromatic rings. The Hall–Kier alpha value is -1.71. The van der Waals surface area contributed by atoms with Crippen LogP contribution in [-0.2, 0) is 6.42 Å². The molecule has 0 bridgehead atoms. The van der Waals surface area contributed by atoms with Crippen LogP contribution in [0.4, 0.5) is 0 Å². The van der Waals surface area contributed by atoms with Gasteiger partial charge in [0.15, 0.2) is 5.96 Å². The van der Waals surface area contributed by atoms with Crippen LogP contribution in [0.1, 0.15) is 50.5 Å². The minimum absolute atomic E-state index is 0.336. The molecule has 0 atom stereocenters. The summed E-state index contributed by atoms with van der Waals surface area (Å²) in [7, 11) is 1.90. The Kier molecular flexibility index (Phi) is 5.64. The van der Waals surface area contributed by atoms with E-state index in [0.717, 1.165) is 31.9 Å². The van der Waals surface area contributed by atoms with Crippen LogP contribution in [-0.4, -0.2) is 42.6 Å². The average Bonchev–Trinajstić information content (AvgIpc) is 3.00. The summed E-state index contributed by atoms with van der Waals surface area (Å²) >= 11 is 0. The van der Waals surface area contributed by atoms with E-state index in [4.69, 9.17) is 0 Å². The van der Waals surface area contributed by atoms with E-state index >= 15 is 0 Å². The lowest BCUT2D eigenvalue weighted by Gasteiger charge is -2.33. The third-order valence-electron chi connectivity index (χ3n) is 5.73. The Morgan fingerprint density at radius 3 is 2.62 bits per heavy atom. The van der Waals surface area contributed by atoms with Crippen molar-refractivity contribution in [2.45, 2.75) is 51.4 Å². The highest BCUT2D eigenvalue weighted by Crippen LogP contribution is 2.43. The van der Waals surface area contributed by atoms with Crippen LogP contribution in [0, 0.1) is 5.41 Å². The third-order valence-corrected chi connectivity index (χ3v) is 5.73. The van der Waals surface area contributed by atoms with E-state index in [1.807, 2.05) is 19.2 Å². The first-order chi connectivity index (χ1) is 11.7. The molecule has 1 aliphatic heterocycles. The molecule has 3 rings (SSSR count). The lowest BCUT2D eigenvalue weighted by molar-refractivity contribution is 0.203. The van der Waals surface area contributed by atoms with E-state index in [0.29, 0.717) is 11.2 Å². The topological polar surface area (TPSA) is 47.9 Å². The Labute approximate surface area is 146 Å². The minimum Gasteiger partial charge on any atom is -0.508 e. The molecule has 1 aromatic carbocycles. The third kappa shape index (κ3) is 4.22. The number of guanidine groups is 1. The number of hydrogen-bond acceptors (Lipinski definition) is 2. The van der Waals surface area contributed by atoms with Crippen LogP contribution in [0.5, 0.6) is 5.75 Å². The van der Waals surface area contributed by atoms with Crippen LogP contribution < -0.4 is 5.32 Å². The van der Waals surface area contributed by atoms with Gasteiger partial charge in [0.05, 0.1) is 0 Å². The van der Waals surface area contributed by atoms with Crippen LogP contribution in [0.25, 0.3) is 0 Å². The molecule has 1 heterocycles. The number of benzene rings is 1. The molecule has 2 N–H and O–H groups in total. The normalized spacial score (nSPS) is 20.5. The van der Waals surface area contributed by atoms with Crippen molar-refractivity contribution in [3.8, 4) is 5.75 Å². The van der Waals surface area contributed by atoms with Crippen molar-refractivity contribution in [3.05, 3.63) is 29.8 Å². The first-order valence-electron chi connectivity index (χ1n) is 9.44. The van der Waals surface area contributed by atoms with Gasteiger partial charge in [-0.05, 0) is 55.2 Å². The molecule has 2 aliphatic rings. The van der Waals surface area contributed by atoms with Crippen molar-refractivity contribution >= 4 is 5.96 Å². The first kappa shape index (κ1) is 17.1. The highest BCUT2D eigenvalue weighted by Gasteiger charge is 2.39. The predicted octanol–water partition coefficient (Wildman–Crippen LogP) is 3.56. The SMILES string of the molecule is CN=C(NCCCc1ccc(O)cc1)N1CCC2(CCCCC2)C1. The molecule has 1 spiro atoms. The number of phenolic OH excluding ortho intramolecular Hbond substituents is 1. The second-order valence-electron chi connectivity index (χ2n) is 7.48. The number of aromatic hydroxyl groups is 1. The molecule has 24 heavy (non-hydrogen) atoms. The Morgan fingerprint density at radius 2 is 1.92 bits per heavy atom. The summed E-state index contributed by atoms with van der Waals surface area (Å²) in [6, 6.07) is 7.51. The van der Waals surface area contributed by atoms with Crippen LogP contribution in [0.15, 0.2) is 29.3 Å². The van der Waals surface area contributed by atoms with Gasteiger partial charge >= 0.3 is 0 Å². The molecular weight excluding hydrogens is 298 g/mol. The zero-order valence-corrected chi connectivity index (χ0v) is 14.9. The van der Waals surface area contributed by atoms with Gasteiger partial charge in [0, 0.05) is 26.7 Å². The highest BCUT2D eigenvalue weighted by atomic mass is 16.3. The van der Waals surface area contributed by atoms with Crippen molar-refractivity contribution < 1.29 is 5.11 Å². The monoisotopic (exact) mass is 329 g/mol. The number of hydrogen-bond donors (Lipinski definition) is 2. The number of nitrogens with zero attached hydrogens (tertiary/aromatic N) is 2. The average molecular weight is 329 g/mol. The van der Waals surface area contributed by atoms with Gasteiger partial charge in [0.2, 0.25) is 0 Å². The molecule has 0 unspecified atom stereocenters. The van der Waals surface area contributed by atoms with Gasteiger partial charge in [-0.25, -0.2) is 0 Å². The van der Waals surface area contributed by atoms with E-state index in [1.165, 1.54) is 50.6 Å². The summed E-state index contributed by atoms with van der Waals surface area (Å²) in [5.74, 6) is 1.41. The zero-order chi connectivity index (χ0) is 16.8. The van der Waals surface area contributed by atoms with E-state index in [-0.39, 0.29) is 0 Å². The Balaban J connectivity index is 1.43. The standard InChI is InChI=1S/C20H31N3O/c1-21-19(22-14-5-6-17-7-9-18(24)10-8-17)23-15-13-20(16-23)11-3-2-4-12-20/h7-10,24H,2-6,11-16H2,1H3,(H,21,22). The van der Waals surface area contributed by atoms with Crippen molar-refractivity contribution in [1.82, 2.24) is 10.2 Å². The number of aliphatic imine (C=N–C) groups is 1. The van der Waals surface area contributed by atoms with Crippen molar-refractivity contribution in [1.29, 1.82) is 0 Å².